The van der Waals surface area contributed by atoms with Gasteiger partial charge < -0.3 is 9.47 Å². The second-order valence-electron chi connectivity index (χ2n) is 3.33. The molecule has 0 saturated heterocycles. The molecule has 1 saturated carbocycles. The third-order valence-electron chi connectivity index (χ3n) is 2.19. The number of methoxy groups -OCH3 is 1. The zero-order chi connectivity index (χ0) is 9.97. The molecule has 0 heterocycles. The van der Waals surface area contributed by atoms with E-state index in [0.29, 0.717) is 6.10 Å². The fourth-order valence-corrected chi connectivity index (χ4v) is 1.75. The van der Waals surface area contributed by atoms with Gasteiger partial charge in [0.2, 0.25) is 0 Å². The van der Waals surface area contributed by atoms with Crippen molar-refractivity contribution in [3.05, 3.63) is 18.2 Å². The maximum atomic E-state index is 5.79. The SMILES string of the molecule is COc1ccc(SC)c(OC2CC2)c1. The highest BCUT2D eigenvalue weighted by molar-refractivity contribution is 7.98. The third kappa shape index (κ3) is 2.15. The predicted molar refractivity (Wildman–Crippen MR) is 58.4 cm³/mol. The fraction of sp³-hybridized carbons (Fsp3) is 0.455. The van der Waals surface area contributed by atoms with Crippen molar-refractivity contribution >= 4 is 11.8 Å². The van der Waals surface area contributed by atoms with Crippen LogP contribution in [0.25, 0.3) is 0 Å². The van der Waals surface area contributed by atoms with Gasteiger partial charge in [0.25, 0.3) is 0 Å². The summed E-state index contributed by atoms with van der Waals surface area (Å²) in [6, 6.07) is 5.97. The Hall–Kier alpha value is -0.830. The second-order valence-corrected chi connectivity index (χ2v) is 4.18. The van der Waals surface area contributed by atoms with E-state index in [1.54, 1.807) is 18.9 Å². The summed E-state index contributed by atoms with van der Waals surface area (Å²) in [5, 5.41) is 0. The van der Waals surface area contributed by atoms with Gasteiger partial charge in [0.15, 0.2) is 0 Å². The zero-order valence-corrected chi connectivity index (χ0v) is 9.26. The van der Waals surface area contributed by atoms with Crippen LogP contribution in [0.15, 0.2) is 23.1 Å². The van der Waals surface area contributed by atoms with Crippen LogP contribution >= 0.6 is 11.8 Å². The smallest absolute Gasteiger partial charge is 0.136 e. The van der Waals surface area contributed by atoms with E-state index in [4.69, 9.17) is 9.47 Å². The highest BCUT2D eigenvalue weighted by Gasteiger charge is 2.24. The summed E-state index contributed by atoms with van der Waals surface area (Å²) < 4.78 is 11.0. The van der Waals surface area contributed by atoms with Crippen LogP contribution in [0.1, 0.15) is 12.8 Å². The molecular formula is C11H14O2S. The third-order valence-corrected chi connectivity index (χ3v) is 2.97. The second kappa shape index (κ2) is 4.13. The summed E-state index contributed by atoms with van der Waals surface area (Å²) in [4.78, 5) is 1.18. The Labute approximate surface area is 88.6 Å². The van der Waals surface area contributed by atoms with Gasteiger partial charge >= 0.3 is 0 Å². The standard InChI is InChI=1S/C11H14O2S/c1-12-9-5-6-11(14-2)10(7-9)13-8-3-4-8/h5-8H,3-4H2,1-2H3. The van der Waals surface area contributed by atoms with Crippen molar-refractivity contribution in [2.75, 3.05) is 13.4 Å². The lowest BCUT2D eigenvalue weighted by Crippen LogP contribution is -1.97. The topological polar surface area (TPSA) is 18.5 Å². The zero-order valence-electron chi connectivity index (χ0n) is 8.45. The van der Waals surface area contributed by atoms with Crippen LogP contribution < -0.4 is 9.47 Å². The van der Waals surface area contributed by atoms with Crippen molar-refractivity contribution in [1.29, 1.82) is 0 Å². The first kappa shape index (κ1) is 9.71. The van der Waals surface area contributed by atoms with E-state index >= 15 is 0 Å². The minimum atomic E-state index is 0.438. The van der Waals surface area contributed by atoms with Gasteiger partial charge in [-0.2, -0.15) is 0 Å². The maximum Gasteiger partial charge on any atom is 0.136 e. The van der Waals surface area contributed by atoms with Gasteiger partial charge in [0, 0.05) is 11.0 Å². The lowest BCUT2D eigenvalue weighted by atomic mass is 10.3. The Bertz CT molecular complexity index is 321. The first-order valence-electron chi connectivity index (χ1n) is 4.72. The van der Waals surface area contributed by atoms with Crippen LogP contribution in [0.4, 0.5) is 0 Å². The van der Waals surface area contributed by atoms with Crippen molar-refractivity contribution in [3.8, 4) is 11.5 Å². The molecule has 1 aliphatic carbocycles. The normalized spacial score (nSPS) is 15.3. The van der Waals surface area contributed by atoms with E-state index in [1.165, 1.54) is 17.7 Å². The molecule has 2 rings (SSSR count). The van der Waals surface area contributed by atoms with Crippen LogP contribution in [-0.2, 0) is 0 Å². The highest BCUT2D eigenvalue weighted by Crippen LogP contribution is 2.35. The number of hydrogen-bond donors (Lipinski definition) is 0. The molecule has 14 heavy (non-hydrogen) atoms. The first-order valence-corrected chi connectivity index (χ1v) is 5.94. The Morgan fingerprint density at radius 2 is 2.14 bits per heavy atom. The quantitative estimate of drug-likeness (QED) is 0.712. The van der Waals surface area contributed by atoms with Crippen molar-refractivity contribution < 1.29 is 9.47 Å². The van der Waals surface area contributed by atoms with Crippen molar-refractivity contribution in [2.24, 2.45) is 0 Å². The lowest BCUT2D eigenvalue weighted by molar-refractivity contribution is 0.293. The van der Waals surface area contributed by atoms with Crippen molar-refractivity contribution in [1.82, 2.24) is 0 Å². The number of ether oxygens (including phenoxy) is 2. The molecule has 0 N–H and O–H groups in total. The largest absolute Gasteiger partial charge is 0.497 e. The molecule has 0 spiro atoms. The van der Waals surface area contributed by atoms with Crippen LogP contribution in [0.5, 0.6) is 11.5 Å². The molecular weight excluding hydrogens is 196 g/mol. The van der Waals surface area contributed by atoms with E-state index in [9.17, 15) is 0 Å². The molecule has 0 aromatic heterocycles. The fourth-order valence-electron chi connectivity index (χ4n) is 1.24. The monoisotopic (exact) mass is 210 g/mol. The van der Waals surface area contributed by atoms with Crippen LogP contribution in [-0.4, -0.2) is 19.5 Å². The first-order chi connectivity index (χ1) is 6.83. The molecule has 1 aromatic rings. The summed E-state index contributed by atoms with van der Waals surface area (Å²) in [5.41, 5.74) is 0. The van der Waals surface area contributed by atoms with Gasteiger partial charge in [-0.25, -0.2) is 0 Å². The molecule has 1 fully saturated rings. The van der Waals surface area contributed by atoms with E-state index in [0.717, 1.165) is 11.5 Å². The van der Waals surface area contributed by atoms with Gasteiger partial charge in [0.05, 0.1) is 13.2 Å². The van der Waals surface area contributed by atoms with Gasteiger partial charge in [-0.15, -0.1) is 11.8 Å². The Balaban J connectivity index is 2.21. The van der Waals surface area contributed by atoms with Gasteiger partial charge in [-0.05, 0) is 31.2 Å². The molecule has 0 radical (unpaired) electrons. The summed E-state index contributed by atoms with van der Waals surface area (Å²) in [7, 11) is 1.68. The van der Waals surface area contributed by atoms with Gasteiger partial charge in [-0.1, -0.05) is 0 Å². The highest BCUT2D eigenvalue weighted by atomic mass is 32.2. The molecule has 0 aliphatic heterocycles. The average molecular weight is 210 g/mol. The molecule has 1 aliphatic rings. The number of hydrogen-bond acceptors (Lipinski definition) is 3. The number of rotatable bonds is 4. The predicted octanol–water partition coefficient (Wildman–Crippen LogP) is 2.96. The van der Waals surface area contributed by atoms with Crippen molar-refractivity contribution in [3.63, 3.8) is 0 Å². The molecule has 1 aromatic carbocycles. The molecule has 0 amide bonds. The number of benzene rings is 1. The van der Waals surface area contributed by atoms with Crippen LogP contribution in [0, 0.1) is 0 Å². The molecule has 2 nitrogen and oxygen atoms in total. The average Bonchev–Trinajstić information content (AvgIpc) is 3.01. The van der Waals surface area contributed by atoms with E-state index in [-0.39, 0.29) is 0 Å². The maximum absolute atomic E-state index is 5.79. The summed E-state index contributed by atoms with van der Waals surface area (Å²) in [6.45, 7) is 0. The van der Waals surface area contributed by atoms with Crippen LogP contribution in [0.2, 0.25) is 0 Å². The van der Waals surface area contributed by atoms with E-state index in [1.807, 2.05) is 18.2 Å². The van der Waals surface area contributed by atoms with Gasteiger partial charge in [0.1, 0.15) is 11.5 Å². The summed E-state index contributed by atoms with van der Waals surface area (Å²) in [5.74, 6) is 1.82. The van der Waals surface area contributed by atoms with Gasteiger partial charge in [-0.3, -0.25) is 0 Å². The van der Waals surface area contributed by atoms with Crippen molar-refractivity contribution in [2.45, 2.75) is 23.8 Å². The molecule has 3 heteroatoms. The minimum Gasteiger partial charge on any atom is -0.497 e. The Morgan fingerprint density at radius 1 is 1.36 bits per heavy atom. The summed E-state index contributed by atoms with van der Waals surface area (Å²) >= 11 is 1.70. The Morgan fingerprint density at radius 3 is 2.71 bits per heavy atom. The molecule has 0 unspecified atom stereocenters. The van der Waals surface area contributed by atoms with E-state index < -0.39 is 0 Å². The lowest BCUT2D eigenvalue weighted by Gasteiger charge is -2.10. The molecule has 76 valence electrons. The van der Waals surface area contributed by atoms with Crippen LogP contribution in [0.3, 0.4) is 0 Å². The minimum absolute atomic E-state index is 0.438. The Kier molecular flexibility index (Phi) is 2.87. The molecule has 0 atom stereocenters. The summed E-state index contributed by atoms with van der Waals surface area (Å²) in [6.07, 6.45) is 4.87. The van der Waals surface area contributed by atoms with E-state index in [2.05, 4.69) is 6.26 Å². The number of thioether (sulfide) groups is 1. The molecule has 0 bridgehead atoms.